The fraction of sp³-hybridized carbons (Fsp3) is 0.438. The Hall–Kier alpha value is -1.65. The van der Waals surface area contributed by atoms with Crippen molar-refractivity contribution in [3.63, 3.8) is 0 Å². The number of aromatic nitrogens is 2. The second-order valence-electron chi connectivity index (χ2n) is 6.61. The van der Waals surface area contributed by atoms with Crippen molar-refractivity contribution >= 4 is 49.7 Å². The van der Waals surface area contributed by atoms with Gasteiger partial charge in [-0.25, -0.2) is 8.42 Å². The highest BCUT2D eigenvalue weighted by Crippen LogP contribution is 2.28. The molecule has 26 heavy (non-hydrogen) atoms. The van der Waals surface area contributed by atoms with Crippen LogP contribution in [0.2, 0.25) is 0 Å². The molecule has 7 nitrogen and oxygen atoms in total. The Morgan fingerprint density at radius 1 is 1.38 bits per heavy atom. The molecule has 0 saturated carbocycles. The lowest BCUT2D eigenvalue weighted by molar-refractivity contribution is -0.120. The number of carbonyl (C=O) groups excluding carboxylic acids is 1. The lowest BCUT2D eigenvalue weighted by Gasteiger charge is -2.23. The summed E-state index contributed by atoms with van der Waals surface area (Å²) in [6, 6.07) is 7.94. The number of hydrogen-bond acceptors (Lipinski definition) is 8. The van der Waals surface area contributed by atoms with Gasteiger partial charge in [-0.15, -0.1) is 10.2 Å². The molecule has 1 atom stereocenters. The van der Waals surface area contributed by atoms with Crippen LogP contribution >= 0.6 is 23.1 Å². The molecule has 1 fully saturated rings. The summed E-state index contributed by atoms with van der Waals surface area (Å²) in [6.07, 6.45) is 0.453. The van der Waals surface area contributed by atoms with E-state index >= 15 is 0 Å². The van der Waals surface area contributed by atoms with Crippen LogP contribution in [0.1, 0.15) is 18.9 Å². The molecule has 140 valence electrons. The molecule has 1 aromatic heterocycles. The minimum atomic E-state index is -3.05. The minimum Gasteiger partial charge on any atom is -0.349 e. The predicted octanol–water partition coefficient (Wildman–Crippen LogP) is 2.38. The molecule has 10 heteroatoms. The van der Waals surface area contributed by atoms with Gasteiger partial charge in [-0.3, -0.25) is 4.79 Å². The first-order valence-corrected chi connectivity index (χ1v) is 11.7. The molecule has 2 aromatic rings. The number of benzene rings is 1. The van der Waals surface area contributed by atoms with Gasteiger partial charge in [0.15, 0.2) is 14.2 Å². The Morgan fingerprint density at radius 2 is 2.19 bits per heavy atom. The molecule has 1 aliphatic heterocycles. The normalized spacial score (nSPS) is 21.5. The van der Waals surface area contributed by atoms with E-state index in [-0.39, 0.29) is 23.2 Å². The van der Waals surface area contributed by atoms with Crippen molar-refractivity contribution < 1.29 is 13.2 Å². The van der Waals surface area contributed by atoms with Crippen LogP contribution in [0.25, 0.3) is 0 Å². The van der Waals surface area contributed by atoms with Gasteiger partial charge in [0.1, 0.15) is 0 Å². The molecular formula is C16H20N4O3S3. The average Bonchev–Trinajstić information content (AvgIpc) is 3.09. The summed E-state index contributed by atoms with van der Waals surface area (Å²) in [5.74, 6) is 0.105. The van der Waals surface area contributed by atoms with E-state index in [1.54, 1.807) is 6.92 Å². The van der Waals surface area contributed by atoms with Gasteiger partial charge in [0.25, 0.3) is 0 Å². The van der Waals surface area contributed by atoms with Gasteiger partial charge < -0.3 is 10.6 Å². The summed E-state index contributed by atoms with van der Waals surface area (Å²) in [4.78, 5) is 12.1. The van der Waals surface area contributed by atoms with Crippen LogP contribution in [-0.4, -0.2) is 47.3 Å². The van der Waals surface area contributed by atoms with Crippen LogP contribution < -0.4 is 10.6 Å². The van der Waals surface area contributed by atoms with Crippen molar-refractivity contribution in [1.82, 2.24) is 15.5 Å². The number of nitrogens with one attached hydrogen (secondary N) is 2. The van der Waals surface area contributed by atoms with E-state index in [1.807, 2.05) is 31.2 Å². The van der Waals surface area contributed by atoms with Crippen molar-refractivity contribution in [3.05, 3.63) is 29.8 Å². The predicted molar refractivity (Wildman–Crippen MR) is 105 cm³/mol. The maximum Gasteiger partial charge on any atom is 0.230 e. The minimum absolute atomic E-state index is 0.000223. The Kier molecular flexibility index (Phi) is 5.54. The monoisotopic (exact) mass is 412 g/mol. The van der Waals surface area contributed by atoms with Crippen molar-refractivity contribution in [2.24, 2.45) is 0 Å². The molecule has 1 saturated heterocycles. The Labute approximate surface area is 160 Å². The van der Waals surface area contributed by atoms with E-state index < -0.39 is 15.4 Å². The van der Waals surface area contributed by atoms with E-state index in [9.17, 15) is 13.2 Å². The lowest BCUT2D eigenvalue weighted by atomic mass is 10.0. The molecule has 0 radical (unpaired) electrons. The highest BCUT2D eigenvalue weighted by molar-refractivity contribution is 8.01. The van der Waals surface area contributed by atoms with E-state index in [4.69, 9.17) is 0 Å². The lowest BCUT2D eigenvalue weighted by Crippen LogP contribution is -2.47. The quantitative estimate of drug-likeness (QED) is 0.703. The summed E-state index contributed by atoms with van der Waals surface area (Å²) >= 11 is 2.66. The van der Waals surface area contributed by atoms with Gasteiger partial charge >= 0.3 is 0 Å². The molecule has 2 N–H and O–H groups in total. The first-order chi connectivity index (χ1) is 12.2. The van der Waals surface area contributed by atoms with Crippen LogP contribution in [0.3, 0.4) is 0 Å². The summed E-state index contributed by atoms with van der Waals surface area (Å²) in [5, 5.41) is 14.8. The Bertz CT molecular complexity index is 913. The first-order valence-electron chi connectivity index (χ1n) is 8.05. The number of sulfone groups is 1. The number of carbonyl (C=O) groups is 1. The highest BCUT2D eigenvalue weighted by Gasteiger charge is 2.39. The maximum absolute atomic E-state index is 12.1. The van der Waals surface area contributed by atoms with Crippen LogP contribution in [0.15, 0.2) is 28.6 Å². The standard InChI is InChI=1S/C16H20N4O3S3/c1-11-4-3-5-12(8-11)17-14-19-20-15(25-14)24-9-13(21)18-16(2)6-7-26(22,23)10-16/h3-5,8H,6-7,9-10H2,1-2H3,(H,17,19)(H,18,21)/t16-/m0/s1. The number of hydrogen-bond donors (Lipinski definition) is 2. The van der Waals surface area contributed by atoms with Gasteiger partial charge in [-0.05, 0) is 38.0 Å². The second-order valence-corrected chi connectivity index (χ2v) is 11.0. The number of thioether (sulfide) groups is 1. The number of amides is 1. The van der Waals surface area contributed by atoms with Crippen molar-refractivity contribution in [3.8, 4) is 0 Å². The van der Waals surface area contributed by atoms with Crippen LogP contribution in [0.4, 0.5) is 10.8 Å². The third-order valence-corrected chi connectivity index (χ3v) is 7.82. The van der Waals surface area contributed by atoms with Gasteiger partial charge in [0.2, 0.25) is 11.0 Å². The van der Waals surface area contributed by atoms with Gasteiger partial charge in [-0.1, -0.05) is 35.2 Å². The van der Waals surface area contributed by atoms with Crippen LogP contribution in [0.5, 0.6) is 0 Å². The number of aryl methyl sites for hydroxylation is 1. The molecule has 1 amide bonds. The maximum atomic E-state index is 12.1. The summed E-state index contributed by atoms with van der Waals surface area (Å²) < 4.78 is 23.9. The largest absolute Gasteiger partial charge is 0.349 e. The third kappa shape index (κ3) is 5.18. The molecule has 0 unspecified atom stereocenters. The fourth-order valence-corrected chi connectivity index (χ4v) is 6.44. The smallest absolute Gasteiger partial charge is 0.230 e. The molecule has 1 aromatic carbocycles. The van der Waals surface area contributed by atoms with Crippen molar-refractivity contribution in [2.45, 2.75) is 30.1 Å². The molecular weight excluding hydrogens is 392 g/mol. The van der Waals surface area contributed by atoms with Crippen molar-refractivity contribution in [1.29, 1.82) is 0 Å². The molecule has 3 rings (SSSR count). The Morgan fingerprint density at radius 3 is 2.88 bits per heavy atom. The average molecular weight is 413 g/mol. The molecule has 1 aliphatic rings. The number of anilines is 2. The number of rotatable bonds is 6. The topological polar surface area (TPSA) is 101 Å². The molecule has 0 spiro atoms. The van der Waals surface area contributed by atoms with E-state index in [1.165, 1.54) is 23.1 Å². The van der Waals surface area contributed by atoms with Crippen molar-refractivity contribution in [2.75, 3.05) is 22.6 Å². The summed E-state index contributed by atoms with van der Waals surface area (Å²) in [5.41, 5.74) is 1.41. The summed E-state index contributed by atoms with van der Waals surface area (Å²) in [6.45, 7) is 3.79. The molecule has 0 bridgehead atoms. The van der Waals surface area contributed by atoms with Crippen LogP contribution in [0, 0.1) is 6.92 Å². The van der Waals surface area contributed by atoms with Gasteiger partial charge in [0.05, 0.1) is 22.8 Å². The van der Waals surface area contributed by atoms with E-state index in [0.717, 1.165) is 11.3 Å². The second kappa shape index (κ2) is 7.53. The fourth-order valence-electron chi connectivity index (χ4n) is 2.77. The van der Waals surface area contributed by atoms with Crippen LogP contribution in [-0.2, 0) is 14.6 Å². The van der Waals surface area contributed by atoms with E-state index in [2.05, 4.69) is 20.8 Å². The third-order valence-electron chi connectivity index (χ3n) is 3.95. The zero-order valence-electron chi connectivity index (χ0n) is 14.5. The number of nitrogens with zero attached hydrogens (tertiary/aromatic N) is 2. The van der Waals surface area contributed by atoms with Gasteiger partial charge in [0, 0.05) is 5.69 Å². The molecule has 0 aliphatic carbocycles. The van der Waals surface area contributed by atoms with Gasteiger partial charge in [-0.2, -0.15) is 0 Å². The Balaban J connectivity index is 1.51. The highest BCUT2D eigenvalue weighted by atomic mass is 32.2. The SMILES string of the molecule is Cc1cccc(Nc2nnc(SCC(=O)N[C@@]3(C)CCS(=O)(=O)C3)s2)c1. The zero-order valence-corrected chi connectivity index (χ0v) is 16.9. The zero-order chi connectivity index (χ0) is 18.8. The molecule has 2 heterocycles. The first kappa shape index (κ1) is 19.1. The van der Waals surface area contributed by atoms with E-state index in [0.29, 0.717) is 15.9 Å². The summed E-state index contributed by atoms with van der Waals surface area (Å²) in [7, 11) is -3.05.